The van der Waals surface area contributed by atoms with Gasteiger partial charge in [0.15, 0.2) is 10.2 Å². The number of nitrogens with zero attached hydrogens (tertiary/aromatic N) is 3. The van der Waals surface area contributed by atoms with Crippen molar-refractivity contribution in [1.29, 1.82) is 0 Å². The third-order valence-electron chi connectivity index (χ3n) is 8.28. The Morgan fingerprint density at radius 1 is 0.556 bits per heavy atom. The first kappa shape index (κ1) is 48.0. The van der Waals surface area contributed by atoms with E-state index in [2.05, 4.69) is 26.6 Å². The minimum Gasteiger partial charge on any atom is -0.366 e. The van der Waals surface area contributed by atoms with Crippen LogP contribution in [0.1, 0.15) is 110 Å². The van der Waals surface area contributed by atoms with Gasteiger partial charge in [-0.2, -0.15) is 0 Å². The summed E-state index contributed by atoms with van der Waals surface area (Å²) >= 11 is 10.4. The largest absolute Gasteiger partial charge is 0.366 e. The lowest BCUT2D eigenvalue weighted by Gasteiger charge is -2.15. The third-order valence-corrected chi connectivity index (χ3v) is 8.83. The molecule has 0 heterocycles. The van der Waals surface area contributed by atoms with Gasteiger partial charge in [-0.3, -0.25) is 39.6 Å². The predicted octanol–water partition coefficient (Wildman–Crippen LogP) is 4.49. The molecule has 0 atom stereocenters. The molecule has 1 rings (SSSR count). The van der Waals surface area contributed by atoms with Crippen molar-refractivity contribution in [2.45, 2.75) is 110 Å². The highest BCUT2D eigenvalue weighted by Crippen LogP contribution is 2.14. The standard InChI is InChI=1S/C36H60N8O8S2/c1-28(45)42(50)25-11-5-3-8-14-31(46)19-21-33(48)43(51)26-12-6-4-9-23-38-32(47)20-22-34(49)44(52)27-13-7-10-24-39-36(54)41-30-17-15-29(16-18-30)40-35(53)37-2/h15-18,50-52H,3-14,19-27H2,1-2H3,(H,38,47)(H2,37,40,53)(H2,39,41,54). The average Bonchev–Trinajstić information content (AvgIpc) is 3.15. The van der Waals surface area contributed by atoms with Gasteiger partial charge in [0.25, 0.3) is 0 Å². The normalized spacial score (nSPS) is 10.5. The van der Waals surface area contributed by atoms with Crippen LogP contribution in [0, 0.1) is 0 Å². The molecule has 18 heteroatoms. The second kappa shape index (κ2) is 29.4. The van der Waals surface area contributed by atoms with Crippen molar-refractivity contribution in [2.24, 2.45) is 0 Å². The zero-order valence-corrected chi connectivity index (χ0v) is 33.3. The highest BCUT2D eigenvalue weighted by atomic mass is 32.1. The number of nitrogens with one attached hydrogen (secondary N) is 5. The van der Waals surface area contributed by atoms with E-state index in [9.17, 15) is 39.6 Å². The Hall–Kier alpha value is -3.97. The van der Waals surface area contributed by atoms with Gasteiger partial charge in [-0.1, -0.05) is 25.7 Å². The molecule has 0 saturated carbocycles. The molecule has 0 aliphatic carbocycles. The topological polar surface area (TPSA) is 216 Å². The van der Waals surface area contributed by atoms with Crippen LogP contribution >= 0.6 is 24.4 Å². The van der Waals surface area contributed by atoms with Crippen LogP contribution in [0.3, 0.4) is 0 Å². The molecule has 0 unspecified atom stereocenters. The highest BCUT2D eigenvalue weighted by Gasteiger charge is 2.14. The van der Waals surface area contributed by atoms with E-state index in [1.807, 2.05) is 24.3 Å². The van der Waals surface area contributed by atoms with Crippen molar-refractivity contribution in [2.75, 3.05) is 50.4 Å². The summed E-state index contributed by atoms with van der Waals surface area (Å²) in [5, 5.41) is 47.2. The van der Waals surface area contributed by atoms with Gasteiger partial charge in [0.05, 0.1) is 0 Å². The van der Waals surface area contributed by atoms with Crippen molar-refractivity contribution in [3.8, 4) is 0 Å². The maximum absolute atomic E-state index is 12.2. The fourth-order valence-corrected chi connectivity index (χ4v) is 5.36. The maximum Gasteiger partial charge on any atom is 0.246 e. The number of amides is 4. The number of carbonyl (C=O) groups is 5. The van der Waals surface area contributed by atoms with Gasteiger partial charge in [0, 0.05) is 90.2 Å². The van der Waals surface area contributed by atoms with Gasteiger partial charge in [0.2, 0.25) is 23.6 Å². The number of unbranched alkanes of at least 4 members (excludes halogenated alkanes) is 8. The van der Waals surface area contributed by atoms with E-state index in [4.69, 9.17) is 24.4 Å². The molecule has 0 fully saturated rings. The second-order valence-electron chi connectivity index (χ2n) is 12.9. The first-order valence-electron chi connectivity index (χ1n) is 18.7. The average molecular weight is 797 g/mol. The van der Waals surface area contributed by atoms with Crippen molar-refractivity contribution < 1.29 is 39.6 Å². The number of carbonyl (C=O) groups excluding carboxylic acids is 5. The predicted molar refractivity (Wildman–Crippen MR) is 214 cm³/mol. The Morgan fingerprint density at radius 3 is 1.54 bits per heavy atom. The van der Waals surface area contributed by atoms with Crippen LogP contribution in [0.5, 0.6) is 0 Å². The molecule has 0 saturated heterocycles. The van der Waals surface area contributed by atoms with Crippen LogP contribution in [0.25, 0.3) is 0 Å². The molecule has 1 aromatic rings. The lowest BCUT2D eigenvalue weighted by Crippen LogP contribution is -2.31. The molecule has 1 aromatic carbocycles. The van der Waals surface area contributed by atoms with Crippen molar-refractivity contribution >= 4 is 75.4 Å². The number of Topliss-reactive ketones (excluding diaryl/α,β-unsaturated/α-hetero) is 1. The number of ketones is 1. The Balaban J connectivity index is 2.01. The quantitative estimate of drug-likeness (QED) is 0.0254. The van der Waals surface area contributed by atoms with E-state index in [1.165, 1.54) is 6.92 Å². The molecule has 0 aliphatic heterocycles. The number of rotatable bonds is 28. The Bertz CT molecular complexity index is 1320. The fourth-order valence-electron chi connectivity index (χ4n) is 5.02. The number of hydroxylamine groups is 6. The molecule has 0 aliphatic rings. The van der Waals surface area contributed by atoms with Crippen LogP contribution in [0.4, 0.5) is 11.4 Å². The summed E-state index contributed by atoms with van der Waals surface area (Å²) in [5.41, 5.74) is 1.69. The monoisotopic (exact) mass is 796 g/mol. The molecule has 0 bridgehead atoms. The molecule has 8 N–H and O–H groups in total. The van der Waals surface area contributed by atoms with Gasteiger partial charge < -0.3 is 26.6 Å². The number of hydrogen-bond acceptors (Lipinski definition) is 10. The van der Waals surface area contributed by atoms with Crippen molar-refractivity contribution in [3.05, 3.63) is 24.3 Å². The van der Waals surface area contributed by atoms with Gasteiger partial charge in [-0.25, -0.2) is 15.2 Å². The Morgan fingerprint density at radius 2 is 1.00 bits per heavy atom. The maximum atomic E-state index is 12.2. The number of thiocarbonyl (C=S) groups is 2. The lowest BCUT2D eigenvalue weighted by atomic mass is 10.1. The van der Waals surface area contributed by atoms with Crippen molar-refractivity contribution in [3.63, 3.8) is 0 Å². The smallest absolute Gasteiger partial charge is 0.246 e. The number of hydrogen-bond donors (Lipinski definition) is 8. The molecule has 54 heavy (non-hydrogen) atoms. The minimum atomic E-state index is -0.510. The molecule has 16 nitrogen and oxygen atoms in total. The van der Waals surface area contributed by atoms with Crippen LogP contribution in [0.2, 0.25) is 0 Å². The Kier molecular flexibility index (Phi) is 26.2. The first-order valence-corrected chi connectivity index (χ1v) is 19.5. The summed E-state index contributed by atoms with van der Waals surface area (Å²) in [6.45, 7) is 2.94. The Labute approximate surface area is 329 Å². The van der Waals surface area contributed by atoms with E-state index < -0.39 is 17.7 Å². The molecule has 0 spiro atoms. The minimum absolute atomic E-state index is 0.0251. The fraction of sp³-hybridized carbons (Fsp3) is 0.639. The van der Waals surface area contributed by atoms with Crippen LogP contribution < -0.4 is 26.6 Å². The van der Waals surface area contributed by atoms with Gasteiger partial charge >= 0.3 is 0 Å². The van der Waals surface area contributed by atoms with E-state index in [0.29, 0.717) is 77.0 Å². The molecular weight excluding hydrogens is 737 g/mol. The van der Waals surface area contributed by atoms with E-state index in [-0.39, 0.29) is 57.0 Å². The number of benzene rings is 1. The van der Waals surface area contributed by atoms with Crippen molar-refractivity contribution in [1.82, 2.24) is 31.1 Å². The van der Waals surface area contributed by atoms with Gasteiger partial charge in [-0.15, -0.1) is 0 Å². The number of anilines is 2. The summed E-state index contributed by atoms with van der Waals surface area (Å²) in [5.74, 6) is -1.73. The SMILES string of the molecule is CNC(=S)Nc1ccc(NC(=S)NCCCCCN(O)C(=O)CCC(=O)NCCCCCCN(O)C(=O)CCC(=O)CCCCCCN(O)C(C)=O)cc1. The van der Waals surface area contributed by atoms with E-state index in [0.717, 1.165) is 49.9 Å². The summed E-state index contributed by atoms with van der Waals surface area (Å²) in [6, 6.07) is 7.52. The molecule has 304 valence electrons. The molecular formula is C36H60N8O8S2. The lowest BCUT2D eigenvalue weighted by molar-refractivity contribution is -0.166. The third kappa shape index (κ3) is 24.4. The van der Waals surface area contributed by atoms with Crippen LogP contribution in [-0.2, 0) is 24.0 Å². The zero-order chi connectivity index (χ0) is 40.1. The summed E-state index contributed by atoms with van der Waals surface area (Å²) < 4.78 is 0. The summed E-state index contributed by atoms with van der Waals surface area (Å²) in [4.78, 5) is 59.5. The van der Waals surface area contributed by atoms with E-state index >= 15 is 0 Å². The van der Waals surface area contributed by atoms with Crippen LogP contribution in [0.15, 0.2) is 24.3 Å². The summed E-state index contributed by atoms with van der Waals surface area (Å²) in [6.07, 6.45) is 8.05. The molecule has 0 aromatic heterocycles. The zero-order valence-electron chi connectivity index (χ0n) is 31.7. The van der Waals surface area contributed by atoms with E-state index in [1.54, 1.807) is 7.05 Å². The summed E-state index contributed by atoms with van der Waals surface area (Å²) in [7, 11) is 1.74. The molecule has 0 radical (unpaired) electrons. The van der Waals surface area contributed by atoms with Crippen LogP contribution in [-0.4, -0.2) is 110 Å². The second-order valence-corrected chi connectivity index (χ2v) is 13.7. The molecule has 4 amide bonds. The first-order chi connectivity index (χ1) is 25.8. The van der Waals surface area contributed by atoms with Gasteiger partial charge in [-0.05, 0) is 93.6 Å². The highest BCUT2D eigenvalue weighted by molar-refractivity contribution is 7.80. The van der Waals surface area contributed by atoms with Gasteiger partial charge in [0.1, 0.15) is 5.78 Å².